The molecule has 0 aliphatic carbocycles. The molecule has 0 unspecified atom stereocenters. The molecule has 0 aromatic rings. The van der Waals surface area contributed by atoms with Gasteiger partial charge in [0.25, 0.3) is 5.92 Å². The normalized spacial score (nSPS) is 23.9. The Labute approximate surface area is 298 Å². The predicted molar refractivity (Wildman–Crippen MR) is 205 cm³/mol. The number of alkyl halides is 2. The molecule has 0 amide bonds. The van der Waals surface area contributed by atoms with Gasteiger partial charge in [0.1, 0.15) is 0 Å². The number of hydrogen-bond acceptors (Lipinski definition) is 6. The van der Waals surface area contributed by atoms with Crippen LogP contribution in [-0.4, -0.2) is 139 Å². The molecule has 0 spiro atoms. The van der Waals surface area contributed by atoms with Gasteiger partial charge in [-0.15, -0.1) is 0 Å². The third kappa shape index (κ3) is 21.1. The first kappa shape index (κ1) is 45.6. The fourth-order valence-electron chi connectivity index (χ4n) is 6.88. The molecule has 5 aliphatic heterocycles. The van der Waals surface area contributed by atoms with Gasteiger partial charge in [0.05, 0.1) is 13.2 Å². The summed E-state index contributed by atoms with van der Waals surface area (Å²) < 4.78 is 30.4. The van der Waals surface area contributed by atoms with E-state index in [-0.39, 0.29) is 12.8 Å². The lowest BCUT2D eigenvalue weighted by Crippen LogP contribution is -2.42. The molecule has 5 aliphatic rings. The maximum absolute atomic E-state index is 12.6. The zero-order chi connectivity index (χ0) is 36.1. The molecule has 48 heavy (non-hydrogen) atoms. The Morgan fingerprint density at radius 1 is 0.438 bits per heavy atom. The quantitative estimate of drug-likeness (QED) is 0.287. The largest absolute Gasteiger partial charge is 0.379 e. The molecule has 8 heteroatoms. The first-order valence-electron chi connectivity index (χ1n) is 20.3. The SMILES string of the molecule is CC(C)N1CCC(F)(F)CC1.CC(C)N1CCCCC1.CC(C)N1CCCCC1.CC(C)N1CCOCC1.CC1CCN(C(C)C)CC1. The van der Waals surface area contributed by atoms with Gasteiger partial charge in [-0.1, -0.05) is 19.8 Å². The highest BCUT2D eigenvalue weighted by Gasteiger charge is 2.34. The minimum absolute atomic E-state index is 0.0329. The molecule has 288 valence electrons. The molecule has 0 saturated carbocycles. The van der Waals surface area contributed by atoms with Gasteiger partial charge in [0.2, 0.25) is 0 Å². The maximum atomic E-state index is 12.6. The number of nitrogens with zero attached hydrogens (tertiary/aromatic N) is 5. The smallest absolute Gasteiger partial charge is 0.250 e. The monoisotopic (exact) mass is 688 g/mol. The van der Waals surface area contributed by atoms with Crippen LogP contribution in [0.25, 0.3) is 0 Å². The maximum Gasteiger partial charge on any atom is 0.250 e. The van der Waals surface area contributed by atoms with Crippen LogP contribution in [0.3, 0.4) is 0 Å². The Balaban J connectivity index is 0.000000301. The highest BCUT2D eigenvalue weighted by molar-refractivity contribution is 4.79. The van der Waals surface area contributed by atoms with E-state index in [4.69, 9.17) is 4.74 Å². The average molecular weight is 688 g/mol. The molecule has 0 bridgehead atoms. The molecule has 5 heterocycles. The highest BCUT2D eigenvalue weighted by atomic mass is 19.3. The molecule has 0 N–H and O–H groups in total. The van der Waals surface area contributed by atoms with Crippen molar-refractivity contribution in [2.75, 3.05) is 78.7 Å². The van der Waals surface area contributed by atoms with Gasteiger partial charge in [0.15, 0.2) is 0 Å². The van der Waals surface area contributed by atoms with Gasteiger partial charge in [-0.3, -0.25) is 4.90 Å². The van der Waals surface area contributed by atoms with Crippen LogP contribution >= 0.6 is 0 Å². The van der Waals surface area contributed by atoms with Gasteiger partial charge < -0.3 is 24.3 Å². The Morgan fingerprint density at radius 3 is 1.02 bits per heavy atom. The number of morpholine rings is 1. The van der Waals surface area contributed by atoms with Crippen molar-refractivity contribution in [3.05, 3.63) is 0 Å². The lowest BCUT2D eigenvalue weighted by molar-refractivity contribution is -0.0603. The Kier molecular flexibility index (Phi) is 24.3. The molecule has 0 aromatic heterocycles. The molecule has 5 rings (SSSR count). The fraction of sp³-hybridized carbons (Fsp3) is 1.00. The summed E-state index contributed by atoms with van der Waals surface area (Å²) in [5, 5.41) is 0. The predicted octanol–water partition coefficient (Wildman–Crippen LogP) is 8.74. The first-order valence-corrected chi connectivity index (χ1v) is 20.3. The Hall–Kier alpha value is -0.380. The summed E-state index contributed by atoms with van der Waals surface area (Å²) >= 11 is 0. The molecule has 0 radical (unpaired) electrons. The fourth-order valence-corrected chi connectivity index (χ4v) is 6.88. The van der Waals surface area contributed by atoms with E-state index in [1.807, 2.05) is 13.8 Å². The molecule has 5 fully saturated rings. The minimum Gasteiger partial charge on any atom is -0.379 e. The van der Waals surface area contributed by atoms with Crippen LogP contribution in [0.5, 0.6) is 0 Å². The van der Waals surface area contributed by atoms with Crippen LogP contribution in [0, 0.1) is 5.92 Å². The van der Waals surface area contributed by atoms with E-state index in [2.05, 4.69) is 86.8 Å². The molecule has 5 saturated heterocycles. The first-order chi connectivity index (χ1) is 22.6. The molecule has 0 atom stereocenters. The van der Waals surface area contributed by atoms with Crippen LogP contribution in [-0.2, 0) is 4.74 Å². The third-order valence-electron chi connectivity index (χ3n) is 10.8. The second-order valence-electron chi connectivity index (χ2n) is 16.4. The summed E-state index contributed by atoms with van der Waals surface area (Å²) in [6, 6.07) is 3.39. The minimum atomic E-state index is -2.40. The molecular weight excluding hydrogens is 604 g/mol. The Bertz CT molecular complexity index is 678. The number of hydrogen-bond donors (Lipinski definition) is 0. The Morgan fingerprint density at radius 2 is 0.729 bits per heavy atom. The topological polar surface area (TPSA) is 25.4 Å². The van der Waals surface area contributed by atoms with E-state index in [9.17, 15) is 8.78 Å². The van der Waals surface area contributed by atoms with Crippen LogP contribution in [0.1, 0.15) is 140 Å². The van der Waals surface area contributed by atoms with E-state index in [1.54, 1.807) is 0 Å². The van der Waals surface area contributed by atoms with Crippen LogP contribution in [0.4, 0.5) is 8.78 Å². The van der Waals surface area contributed by atoms with Gasteiger partial charge >= 0.3 is 0 Å². The van der Waals surface area contributed by atoms with E-state index in [0.717, 1.165) is 50.3 Å². The van der Waals surface area contributed by atoms with Crippen LogP contribution in [0.15, 0.2) is 0 Å². The van der Waals surface area contributed by atoms with Crippen molar-refractivity contribution in [3.8, 4) is 0 Å². The molecular formula is C40H83F2N5O. The van der Waals surface area contributed by atoms with Crippen molar-refractivity contribution in [3.63, 3.8) is 0 Å². The summed E-state index contributed by atoms with van der Waals surface area (Å²) in [6.07, 6.45) is 11.4. The summed E-state index contributed by atoms with van der Waals surface area (Å²) in [7, 11) is 0. The van der Waals surface area contributed by atoms with Crippen molar-refractivity contribution >= 4 is 0 Å². The van der Waals surface area contributed by atoms with Crippen molar-refractivity contribution < 1.29 is 13.5 Å². The number of likely N-dealkylation sites (tertiary alicyclic amines) is 4. The van der Waals surface area contributed by atoms with Gasteiger partial charge in [-0.25, -0.2) is 8.78 Å². The summed E-state index contributed by atoms with van der Waals surface area (Å²) in [6.45, 7) is 37.7. The lowest BCUT2D eigenvalue weighted by Gasteiger charge is -2.34. The average Bonchev–Trinajstić information content (AvgIpc) is 3.07. The number of rotatable bonds is 5. The van der Waals surface area contributed by atoms with Crippen molar-refractivity contribution in [1.82, 2.24) is 24.5 Å². The van der Waals surface area contributed by atoms with Crippen molar-refractivity contribution in [1.29, 1.82) is 0 Å². The van der Waals surface area contributed by atoms with E-state index < -0.39 is 5.92 Å². The van der Waals surface area contributed by atoms with Crippen LogP contribution in [0.2, 0.25) is 0 Å². The zero-order valence-electron chi connectivity index (χ0n) is 33.9. The number of ether oxygens (including phenoxy) is 1. The van der Waals surface area contributed by atoms with Gasteiger partial charge in [0, 0.05) is 69.2 Å². The van der Waals surface area contributed by atoms with E-state index in [1.165, 1.54) is 90.6 Å². The van der Waals surface area contributed by atoms with Gasteiger partial charge in [-0.2, -0.15) is 0 Å². The second kappa shape index (κ2) is 25.6. The number of piperidine rings is 4. The summed E-state index contributed by atoms with van der Waals surface area (Å²) in [4.78, 5) is 12.2. The van der Waals surface area contributed by atoms with E-state index in [0.29, 0.717) is 25.2 Å². The third-order valence-corrected chi connectivity index (χ3v) is 10.8. The summed E-state index contributed by atoms with van der Waals surface area (Å²) in [5.74, 6) is -1.43. The number of halogens is 2. The van der Waals surface area contributed by atoms with Crippen LogP contribution < -0.4 is 0 Å². The highest BCUT2D eigenvalue weighted by Crippen LogP contribution is 2.28. The molecule has 0 aromatic carbocycles. The standard InChI is InChI=1S/C9H19N.C8H15F2N.2C8H17N.C7H15NO/c1-8(2)10-6-4-9(3)5-7-10;1-7(2)11-5-3-8(9,10)4-6-11;2*1-8(2)9-6-4-3-5-7-9;1-7(2)8-3-5-9-6-4-8/h8-9H,4-7H2,1-3H3;7H,3-6H2,1-2H3;2*8H,3-7H2,1-2H3;7H,3-6H2,1-2H3. The van der Waals surface area contributed by atoms with Gasteiger partial charge in [-0.05, 0) is 153 Å². The zero-order valence-corrected chi connectivity index (χ0v) is 33.9. The lowest BCUT2D eigenvalue weighted by atomic mass is 9.98. The van der Waals surface area contributed by atoms with Crippen molar-refractivity contribution in [2.24, 2.45) is 5.92 Å². The van der Waals surface area contributed by atoms with E-state index >= 15 is 0 Å². The second-order valence-corrected chi connectivity index (χ2v) is 16.4. The summed E-state index contributed by atoms with van der Waals surface area (Å²) in [5.41, 5.74) is 0. The van der Waals surface area contributed by atoms with Crippen molar-refractivity contribution in [2.45, 2.75) is 177 Å². The molecule has 6 nitrogen and oxygen atoms in total.